The third-order valence-electron chi connectivity index (χ3n) is 4.88. The van der Waals surface area contributed by atoms with Crippen LogP contribution in [0.25, 0.3) is 6.08 Å². The number of furan rings is 1. The minimum atomic E-state index is -1.92. The fraction of sp³-hybridized carbons (Fsp3) is 0.130. The van der Waals surface area contributed by atoms with Crippen LogP contribution in [0.1, 0.15) is 23.3 Å². The van der Waals surface area contributed by atoms with Crippen molar-refractivity contribution in [2.75, 3.05) is 4.90 Å². The van der Waals surface area contributed by atoms with Crippen molar-refractivity contribution in [1.29, 1.82) is 0 Å². The third kappa shape index (κ3) is 3.81. The van der Waals surface area contributed by atoms with Gasteiger partial charge in [-0.25, -0.2) is 0 Å². The lowest BCUT2D eigenvalue weighted by Gasteiger charge is -2.22. The fourth-order valence-corrected chi connectivity index (χ4v) is 3.85. The first-order chi connectivity index (χ1) is 14.0. The molecule has 0 aliphatic carbocycles. The van der Waals surface area contributed by atoms with Crippen LogP contribution in [0.2, 0.25) is 0 Å². The van der Waals surface area contributed by atoms with E-state index in [2.05, 4.69) is 15.9 Å². The molecule has 3 aromatic rings. The van der Waals surface area contributed by atoms with Crippen molar-refractivity contribution in [1.82, 2.24) is 0 Å². The first-order valence-corrected chi connectivity index (χ1v) is 9.89. The summed E-state index contributed by atoms with van der Waals surface area (Å²) in [5, 5.41) is 11.3. The number of halogens is 1. The number of hydrogen-bond donors (Lipinski definition) is 1. The zero-order valence-corrected chi connectivity index (χ0v) is 17.0. The van der Waals surface area contributed by atoms with Crippen LogP contribution in [0.3, 0.4) is 0 Å². The molecule has 1 aliphatic rings. The Balaban J connectivity index is 1.64. The molecule has 0 fully saturated rings. The first kappa shape index (κ1) is 19.4. The summed E-state index contributed by atoms with van der Waals surface area (Å²) in [7, 11) is 0. The van der Waals surface area contributed by atoms with Crippen LogP contribution in [-0.4, -0.2) is 16.8 Å². The number of aliphatic hydroxyl groups is 1. The number of allylic oxidation sites excluding steroid dienone is 1. The Hall–Kier alpha value is -2.96. The van der Waals surface area contributed by atoms with Gasteiger partial charge in [0.05, 0.1) is 24.9 Å². The molecule has 2 aromatic carbocycles. The predicted octanol–water partition coefficient (Wildman–Crippen LogP) is 4.45. The number of rotatable bonds is 6. The van der Waals surface area contributed by atoms with E-state index >= 15 is 0 Å². The Kier molecular flexibility index (Phi) is 5.22. The minimum absolute atomic E-state index is 0.313. The van der Waals surface area contributed by atoms with Crippen molar-refractivity contribution < 1.29 is 19.1 Å². The Bertz CT molecular complexity index is 1080. The van der Waals surface area contributed by atoms with Crippen LogP contribution >= 0.6 is 15.9 Å². The van der Waals surface area contributed by atoms with Gasteiger partial charge in [0.25, 0.3) is 5.91 Å². The molecule has 29 heavy (non-hydrogen) atoms. The normalized spacial score (nSPS) is 18.4. The number of hydrogen-bond acceptors (Lipinski definition) is 4. The van der Waals surface area contributed by atoms with Crippen LogP contribution in [0.4, 0.5) is 5.69 Å². The molecule has 0 unspecified atom stereocenters. The first-order valence-electron chi connectivity index (χ1n) is 9.10. The molecule has 0 saturated carbocycles. The highest BCUT2D eigenvalue weighted by molar-refractivity contribution is 9.10. The zero-order chi connectivity index (χ0) is 20.4. The number of amides is 1. The molecule has 1 N–H and O–H groups in total. The Labute approximate surface area is 176 Å². The largest absolute Gasteiger partial charge is 0.465 e. The lowest BCUT2D eigenvalue weighted by atomic mass is 9.90. The summed E-state index contributed by atoms with van der Waals surface area (Å²) in [4.78, 5) is 27.3. The maximum absolute atomic E-state index is 13.2. The van der Waals surface area contributed by atoms with E-state index < -0.39 is 11.5 Å². The van der Waals surface area contributed by atoms with E-state index in [9.17, 15) is 14.7 Å². The number of ketones is 1. The van der Waals surface area contributed by atoms with Gasteiger partial charge >= 0.3 is 0 Å². The summed E-state index contributed by atoms with van der Waals surface area (Å²) < 4.78 is 5.90. The molecule has 1 amide bonds. The number of carbonyl (C=O) groups is 2. The van der Waals surface area contributed by atoms with E-state index in [1.807, 2.05) is 36.4 Å². The number of anilines is 1. The number of benzene rings is 2. The zero-order valence-electron chi connectivity index (χ0n) is 15.4. The number of carbonyl (C=O) groups excluding carboxylic acids is 2. The van der Waals surface area contributed by atoms with Gasteiger partial charge in [-0.1, -0.05) is 46.3 Å². The van der Waals surface area contributed by atoms with Gasteiger partial charge < -0.3 is 14.4 Å². The highest BCUT2D eigenvalue weighted by Crippen LogP contribution is 2.44. The molecule has 4 rings (SSSR count). The van der Waals surface area contributed by atoms with E-state index in [1.54, 1.807) is 24.3 Å². The van der Waals surface area contributed by atoms with Gasteiger partial charge in [0.1, 0.15) is 5.76 Å². The molecule has 0 spiro atoms. The minimum Gasteiger partial charge on any atom is -0.465 e. The van der Waals surface area contributed by atoms with Crippen LogP contribution in [-0.2, 0) is 21.7 Å². The van der Waals surface area contributed by atoms with Gasteiger partial charge in [0.15, 0.2) is 11.4 Å². The van der Waals surface area contributed by atoms with Crippen molar-refractivity contribution in [3.63, 3.8) is 0 Å². The molecule has 5 nitrogen and oxygen atoms in total. The van der Waals surface area contributed by atoms with Crippen molar-refractivity contribution in [2.24, 2.45) is 0 Å². The molecule has 2 heterocycles. The Morgan fingerprint density at radius 3 is 2.66 bits per heavy atom. The SMILES string of the molecule is O=C(/C=C\c1ccco1)C[C@@]1(O)C(=O)N(Cc2ccccc2)c2ccc(Br)cc21. The summed E-state index contributed by atoms with van der Waals surface area (Å²) in [6, 6.07) is 18.3. The average molecular weight is 452 g/mol. The highest BCUT2D eigenvalue weighted by atomic mass is 79.9. The van der Waals surface area contributed by atoms with Crippen LogP contribution in [0.5, 0.6) is 0 Å². The summed E-state index contributed by atoms with van der Waals surface area (Å²) in [6.07, 6.45) is 4.00. The molecular weight excluding hydrogens is 434 g/mol. The van der Waals surface area contributed by atoms with Gasteiger partial charge in [-0.2, -0.15) is 0 Å². The van der Waals surface area contributed by atoms with E-state index in [4.69, 9.17) is 4.42 Å². The maximum atomic E-state index is 13.2. The van der Waals surface area contributed by atoms with E-state index in [1.165, 1.54) is 23.3 Å². The van der Waals surface area contributed by atoms with Gasteiger partial charge in [0.2, 0.25) is 0 Å². The lowest BCUT2D eigenvalue weighted by molar-refractivity contribution is -0.140. The molecule has 0 radical (unpaired) electrons. The van der Waals surface area contributed by atoms with Crippen molar-refractivity contribution in [2.45, 2.75) is 18.6 Å². The molecule has 0 bridgehead atoms. The summed E-state index contributed by atoms with van der Waals surface area (Å²) >= 11 is 3.39. The highest BCUT2D eigenvalue weighted by Gasteiger charge is 2.50. The lowest BCUT2D eigenvalue weighted by Crippen LogP contribution is -2.41. The smallest absolute Gasteiger partial charge is 0.264 e. The molecule has 146 valence electrons. The van der Waals surface area contributed by atoms with Crippen LogP contribution in [0.15, 0.2) is 81.9 Å². The average Bonchev–Trinajstić information content (AvgIpc) is 3.30. The van der Waals surface area contributed by atoms with Crippen molar-refractivity contribution in [3.05, 3.63) is 94.4 Å². The fourth-order valence-electron chi connectivity index (χ4n) is 3.49. The second kappa shape index (κ2) is 7.81. The number of fused-ring (bicyclic) bond motifs is 1. The Morgan fingerprint density at radius 2 is 1.93 bits per heavy atom. The molecule has 6 heteroatoms. The van der Waals surface area contributed by atoms with E-state index in [0.29, 0.717) is 23.6 Å². The maximum Gasteiger partial charge on any atom is 0.264 e. The quantitative estimate of drug-likeness (QED) is 0.562. The molecule has 1 atom stereocenters. The van der Waals surface area contributed by atoms with Crippen molar-refractivity contribution in [3.8, 4) is 0 Å². The Morgan fingerprint density at radius 1 is 1.14 bits per heavy atom. The molecular formula is C23H18BrNO4. The summed E-state index contributed by atoms with van der Waals surface area (Å²) in [6.45, 7) is 0.313. The van der Waals surface area contributed by atoms with Gasteiger partial charge in [-0.05, 0) is 48.0 Å². The topological polar surface area (TPSA) is 70.7 Å². The molecule has 1 aromatic heterocycles. The van der Waals surface area contributed by atoms with Gasteiger partial charge in [0, 0.05) is 10.0 Å². The van der Waals surface area contributed by atoms with Crippen LogP contribution < -0.4 is 4.90 Å². The van der Waals surface area contributed by atoms with E-state index in [0.717, 1.165) is 10.0 Å². The van der Waals surface area contributed by atoms with Gasteiger partial charge in [-0.15, -0.1) is 0 Å². The van der Waals surface area contributed by atoms with Gasteiger partial charge in [-0.3, -0.25) is 9.59 Å². The van der Waals surface area contributed by atoms with E-state index in [-0.39, 0.29) is 12.2 Å². The number of nitrogens with zero attached hydrogens (tertiary/aromatic N) is 1. The standard InChI is InChI=1S/C23H18BrNO4/c24-17-8-11-21-20(13-17)23(28,14-18(26)9-10-19-7-4-12-29-19)22(27)25(21)15-16-5-2-1-3-6-16/h1-13,28H,14-15H2/b10-9-/t23-/m0/s1. The second-order valence-corrected chi connectivity index (χ2v) is 7.81. The predicted molar refractivity (Wildman–Crippen MR) is 113 cm³/mol. The summed E-state index contributed by atoms with van der Waals surface area (Å²) in [5.41, 5.74) is 0.0429. The van der Waals surface area contributed by atoms with Crippen LogP contribution in [0, 0.1) is 0 Å². The summed E-state index contributed by atoms with van der Waals surface area (Å²) in [5.74, 6) is -0.351. The monoisotopic (exact) mass is 451 g/mol. The molecule has 0 saturated heterocycles. The third-order valence-corrected chi connectivity index (χ3v) is 5.38. The second-order valence-electron chi connectivity index (χ2n) is 6.89. The van der Waals surface area contributed by atoms with Crippen molar-refractivity contribution >= 4 is 39.4 Å². The molecule has 1 aliphatic heterocycles.